The Bertz CT molecular complexity index is 587. The van der Waals surface area contributed by atoms with Crippen molar-refractivity contribution in [3.8, 4) is 5.88 Å². The van der Waals surface area contributed by atoms with E-state index in [9.17, 15) is 10.1 Å². The Morgan fingerprint density at radius 3 is 2.70 bits per heavy atom. The van der Waals surface area contributed by atoms with Crippen LogP contribution >= 0.6 is 0 Å². The fourth-order valence-electron chi connectivity index (χ4n) is 1.79. The lowest BCUT2D eigenvalue weighted by atomic mass is 10.1. The molecule has 1 heterocycles. The van der Waals surface area contributed by atoms with E-state index in [4.69, 9.17) is 10.5 Å². The molecule has 0 amide bonds. The van der Waals surface area contributed by atoms with Gasteiger partial charge in [0, 0.05) is 0 Å². The number of nitrogen functional groups attached to an aromatic ring is 1. The first kappa shape index (κ1) is 13.8. The van der Waals surface area contributed by atoms with Gasteiger partial charge >= 0.3 is 0 Å². The molecule has 0 saturated carbocycles. The van der Waals surface area contributed by atoms with Crippen LogP contribution in [0, 0.1) is 10.1 Å². The molecule has 20 heavy (non-hydrogen) atoms. The van der Waals surface area contributed by atoms with Gasteiger partial charge in [0.15, 0.2) is 0 Å². The van der Waals surface area contributed by atoms with Crippen LogP contribution in [0.15, 0.2) is 42.5 Å². The number of rotatable bonds is 6. The molecule has 2 N–H and O–H groups in total. The van der Waals surface area contributed by atoms with Crippen LogP contribution in [0.1, 0.15) is 12.0 Å². The van der Waals surface area contributed by atoms with Gasteiger partial charge in [-0.1, -0.05) is 30.3 Å². The summed E-state index contributed by atoms with van der Waals surface area (Å²) in [7, 11) is 0. The van der Waals surface area contributed by atoms with Crippen molar-refractivity contribution in [3.05, 3.63) is 58.1 Å². The molecule has 2 rings (SSSR count). The van der Waals surface area contributed by atoms with Crippen molar-refractivity contribution in [1.82, 2.24) is 4.98 Å². The van der Waals surface area contributed by atoms with Gasteiger partial charge < -0.3 is 10.5 Å². The standard InChI is InChI=1S/C14H15N3O3/c15-13-9-12(17(18)19)10-14(16-13)20-8-4-7-11-5-2-1-3-6-11/h1-3,5-6,9-10H,4,7-8H2,(H2,15,16). The minimum absolute atomic E-state index is 0.0808. The number of nitro groups is 1. The maximum Gasteiger partial charge on any atom is 0.278 e. The highest BCUT2D eigenvalue weighted by molar-refractivity contribution is 5.45. The number of pyridine rings is 1. The molecular weight excluding hydrogens is 258 g/mol. The fraction of sp³-hybridized carbons (Fsp3) is 0.214. The van der Waals surface area contributed by atoms with E-state index in [1.807, 2.05) is 30.3 Å². The second-order valence-electron chi connectivity index (χ2n) is 4.28. The van der Waals surface area contributed by atoms with Gasteiger partial charge in [0.2, 0.25) is 5.88 Å². The molecule has 0 bridgehead atoms. The van der Waals surface area contributed by atoms with Gasteiger partial charge in [-0.15, -0.1) is 0 Å². The third-order valence-electron chi connectivity index (χ3n) is 2.72. The highest BCUT2D eigenvalue weighted by Gasteiger charge is 2.10. The van der Waals surface area contributed by atoms with Crippen LogP contribution in [0.4, 0.5) is 11.5 Å². The second-order valence-corrected chi connectivity index (χ2v) is 4.28. The molecule has 0 aliphatic carbocycles. The van der Waals surface area contributed by atoms with Gasteiger partial charge in [-0.05, 0) is 18.4 Å². The molecule has 6 nitrogen and oxygen atoms in total. The summed E-state index contributed by atoms with van der Waals surface area (Å²) in [6.45, 7) is 0.433. The Labute approximate surface area is 116 Å². The van der Waals surface area contributed by atoms with E-state index in [2.05, 4.69) is 4.98 Å². The Morgan fingerprint density at radius 1 is 1.25 bits per heavy atom. The molecule has 0 aliphatic rings. The SMILES string of the molecule is Nc1cc([N+](=O)[O-])cc(OCCCc2ccccc2)n1. The molecule has 0 atom stereocenters. The Hall–Kier alpha value is -2.63. The normalized spacial score (nSPS) is 10.2. The van der Waals surface area contributed by atoms with Crippen molar-refractivity contribution in [2.45, 2.75) is 12.8 Å². The molecule has 6 heteroatoms. The van der Waals surface area contributed by atoms with Crippen molar-refractivity contribution < 1.29 is 9.66 Å². The molecule has 1 aromatic carbocycles. The van der Waals surface area contributed by atoms with E-state index in [0.717, 1.165) is 12.8 Å². The van der Waals surface area contributed by atoms with Gasteiger partial charge in [0.05, 0.1) is 23.7 Å². The summed E-state index contributed by atoms with van der Waals surface area (Å²) in [5.41, 5.74) is 6.61. The summed E-state index contributed by atoms with van der Waals surface area (Å²) >= 11 is 0. The number of aryl methyl sites for hydroxylation is 1. The molecular formula is C14H15N3O3. The van der Waals surface area contributed by atoms with Crippen molar-refractivity contribution in [2.24, 2.45) is 0 Å². The highest BCUT2D eigenvalue weighted by atomic mass is 16.6. The predicted molar refractivity (Wildman–Crippen MR) is 75.6 cm³/mol. The first-order chi connectivity index (χ1) is 9.65. The molecule has 0 saturated heterocycles. The average molecular weight is 273 g/mol. The van der Waals surface area contributed by atoms with Crippen LogP contribution in [-0.4, -0.2) is 16.5 Å². The lowest BCUT2D eigenvalue weighted by molar-refractivity contribution is -0.384. The number of hydrogen-bond acceptors (Lipinski definition) is 5. The smallest absolute Gasteiger partial charge is 0.278 e. The zero-order chi connectivity index (χ0) is 14.4. The van der Waals surface area contributed by atoms with Crippen LogP contribution < -0.4 is 10.5 Å². The monoisotopic (exact) mass is 273 g/mol. The third-order valence-corrected chi connectivity index (χ3v) is 2.72. The number of benzene rings is 1. The van der Waals surface area contributed by atoms with Crippen molar-refractivity contribution >= 4 is 11.5 Å². The van der Waals surface area contributed by atoms with Gasteiger partial charge in [0.25, 0.3) is 5.69 Å². The van der Waals surface area contributed by atoms with Crippen molar-refractivity contribution in [3.63, 3.8) is 0 Å². The van der Waals surface area contributed by atoms with Gasteiger partial charge in [-0.3, -0.25) is 10.1 Å². The summed E-state index contributed by atoms with van der Waals surface area (Å²) in [6, 6.07) is 12.5. The minimum atomic E-state index is -0.519. The van der Waals surface area contributed by atoms with Gasteiger partial charge in [0.1, 0.15) is 5.82 Å². The van der Waals surface area contributed by atoms with E-state index < -0.39 is 4.92 Å². The van der Waals surface area contributed by atoms with Gasteiger partial charge in [-0.25, -0.2) is 0 Å². The molecule has 1 aromatic heterocycles. The number of ether oxygens (including phenoxy) is 1. The Morgan fingerprint density at radius 2 is 2.00 bits per heavy atom. The van der Waals surface area contributed by atoms with E-state index in [-0.39, 0.29) is 17.4 Å². The van der Waals surface area contributed by atoms with E-state index in [1.165, 1.54) is 17.7 Å². The van der Waals surface area contributed by atoms with Crippen molar-refractivity contribution in [1.29, 1.82) is 0 Å². The maximum absolute atomic E-state index is 10.7. The largest absolute Gasteiger partial charge is 0.477 e. The first-order valence-electron chi connectivity index (χ1n) is 6.24. The fourth-order valence-corrected chi connectivity index (χ4v) is 1.79. The number of aromatic nitrogens is 1. The summed E-state index contributed by atoms with van der Waals surface area (Å²) < 4.78 is 5.40. The predicted octanol–water partition coefficient (Wildman–Crippen LogP) is 2.58. The summed E-state index contributed by atoms with van der Waals surface area (Å²) in [6.07, 6.45) is 1.68. The summed E-state index contributed by atoms with van der Waals surface area (Å²) in [5, 5.41) is 10.7. The molecule has 104 valence electrons. The average Bonchev–Trinajstić information content (AvgIpc) is 2.44. The zero-order valence-electron chi connectivity index (χ0n) is 10.9. The minimum Gasteiger partial charge on any atom is -0.477 e. The number of nitrogens with zero attached hydrogens (tertiary/aromatic N) is 2. The molecule has 2 aromatic rings. The first-order valence-corrected chi connectivity index (χ1v) is 6.24. The molecule has 0 spiro atoms. The quantitative estimate of drug-likeness (QED) is 0.496. The lowest BCUT2D eigenvalue weighted by Crippen LogP contribution is -2.03. The van der Waals surface area contributed by atoms with Gasteiger partial charge in [-0.2, -0.15) is 4.98 Å². The van der Waals surface area contributed by atoms with Crippen LogP contribution in [0.3, 0.4) is 0 Å². The Kier molecular flexibility index (Phi) is 4.49. The van der Waals surface area contributed by atoms with Crippen LogP contribution in [0.25, 0.3) is 0 Å². The van der Waals surface area contributed by atoms with E-state index in [0.29, 0.717) is 6.61 Å². The Balaban J connectivity index is 1.86. The van der Waals surface area contributed by atoms with E-state index >= 15 is 0 Å². The molecule has 0 radical (unpaired) electrons. The highest BCUT2D eigenvalue weighted by Crippen LogP contribution is 2.20. The number of anilines is 1. The second kappa shape index (κ2) is 6.51. The van der Waals surface area contributed by atoms with E-state index in [1.54, 1.807) is 0 Å². The van der Waals surface area contributed by atoms with Crippen LogP contribution in [-0.2, 0) is 6.42 Å². The number of nitrogens with two attached hydrogens (primary N) is 1. The molecule has 0 fully saturated rings. The van der Waals surface area contributed by atoms with Crippen LogP contribution in [0.5, 0.6) is 5.88 Å². The summed E-state index contributed by atoms with van der Waals surface area (Å²) in [5.74, 6) is 0.266. The maximum atomic E-state index is 10.7. The lowest BCUT2D eigenvalue weighted by Gasteiger charge is -2.06. The zero-order valence-corrected chi connectivity index (χ0v) is 10.9. The summed E-state index contributed by atoms with van der Waals surface area (Å²) in [4.78, 5) is 14.1. The van der Waals surface area contributed by atoms with Crippen LogP contribution in [0.2, 0.25) is 0 Å². The van der Waals surface area contributed by atoms with Crippen molar-refractivity contribution in [2.75, 3.05) is 12.3 Å². The molecule has 0 unspecified atom stereocenters. The number of hydrogen-bond donors (Lipinski definition) is 1. The topological polar surface area (TPSA) is 91.3 Å². The third kappa shape index (κ3) is 3.94. The molecule has 0 aliphatic heterocycles.